The Morgan fingerprint density at radius 1 is 1.08 bits per heavy atom. The summed E-state index contributed by atoms with van der Waals surface area (Å²) in [5.41, 5.74) is 1.63. The summed E-state index contributed by atoms with van der Waals surface area (Å²) in [4.78, 5) is 13.0. The maximum Gasteiger partial charge on any atom is 0.264 e. The molecule has 3 rings (SSSR count). The first-order valence-electron chi connectivity index (χ1n) is 8.17. The van der Waals surface area contributed by atoms with Crippen molar-refractivity contribution in [1.82, 2.24) is 0 Å². The molecule has 8 heteroatoms. The van der Waals surface area contributed by atoms with Crippen LogP contribution in [-0.4, -0.2) is 20.9 Å². The van der Waals surface area contributed by atoms with Crippen molar-refractivity contribution in [3.63, 3.8) is 0 Å². The molecule has 0 radical (unpaired) electrons. The van der Waals surface area contributed by atoms with Crippen LogP contribution < -0.4 is 9.62 Å². The summed E-state index contributed by atoms with van der Waals surface area (Å²) in [6.07, 6.45) is 2.27. The SMILES string of the molecule is Cc1cc(NS(=O)(=O)c2cc(F)ccc2F)ccc1N1CCCCC1=O. The van der Waals surface area contributed by atoms with Crippen LogP contribution in [-0.2, 0) is 14.8 Å². The minimum atomic E-state index is -4.28. The van der Waals surface area contributed by atoms with Crippen LogP contribution in [0.25, 0.3) is 0 Å². The van der Waals surface area contributed by atoms with E-state index in [2.05, 4.69) is 4.72 Å². The molecule has 0 saturated carbocycles. The lowest BCUT2D eigenvalue weighted by atomic mass is 10.1. The number of carbonyl (C=O) groups excluding carboxylic acids is 1. The van der Waals surface area contributed by atoms with Crippen LogP contribution >= 0.6 is 0 Å². The van der Waals surface area contributed by atoms with Crippen LogP contribution in [0.2, 0.25) is 0 Å². The standard InChI is InChI=1S/C18H18F2N2O3S/c1-12-10-14(6-8-16(12)22-9-3-2-4-18(22)23)21-26(24,25)17-11-13(19)5-7-15(17)20/h5-8,10-11,21H,2-4,9H2,1H3. The third-order valence-corrected chi connectivity index (χ3v) is 5.64. The minimum Gasteiger partial charge on any atom is -0.312 e. The maximum absolute atomic E-state index is 13.8. The Morgan fingerprint density at radius 2 is 1.85 bits per heavy atom. The predicted octanol–water partition coefficient (Wildman–Crippen LogP) is 3.59. The minimum absolute atomic E-state index is 0.0366. The number of carbonyl (C=O) groups is 1. The number of hydrogen-bond acceptors (Lipinski definition) is 3. The van der Waals surface area contributed by atoms with Gasteiger partial charge in [0.1, 0.15) is 16.5 Å². The highest BCUT2D eigenvalue weighted by molar-refractivity contribution is 7.92. The van der Waals surface area contributed by atoms with E-state index in [1.807, 2.05) is 0 Å². The summed E-state index contributed by atoms with van der Waals surface area (Å²) >= 11 is 0. The van der Waals surface area contributed by atoms with Gasteiger partial charge in [0.05, 0.1) is 0 Å². The first kappa shape index (κ1) is 18.3. The highest BCUT2D eigenvalue weighted by atomic mass is 32.2. The number of sulfonamides is 1. The van der Waals surface area contributed by atoms with Gasteiger partial charge < -0.3 is 4.90 Å². The first-order chi connectivity index (χ1) is 12.3. The van der Waals surface area contributed by atoms with Crippen LogP contribution in [0.4, 0.5) is 20.2 Å². The molecule has 0 atom stereocenters. The van der Waals surface area contributed by atoms with Gasteiger partial charge in [-0.25, -0.2) is 17.2 Å². The van der Waals surface area contributed by atoms with E-state index in [1.54, 1.807) is 24.0 Å². The van der Waals surface area contributed by atoms with E-state index in [0.29, 0.717) is 24.6 Å². The lowest BCUT2D eigenvalue weighted by Crippen LogP contribution is -2.35. The second kappa shape index (κ2) is 7.03. The Balaban J connectivity index is 1.87. The predicted molar refractivity (Wildman–Crippen MR) is 94.5 cm³/mol. The number of nitrogens with zero attached hydrogens (tertiary/aromatic N) is 1. The van der Waals surface area contributed by atoms with Crippen molar-refractivity contribution >= 4 is 27.3 Å². The molecule has 0 aliphatic carbocycles. The number of hydrogen-bond donors (Lipinski definition) is 1. The van der Waals surface area contributed by atoms with Gasteiger partial charge in [-0.3, -0.25) is 9.52 Å². The molecule has 1 heterocycles. The van der Waals surface area contributed by atoms with Crippen LogP contribution in [0.3, 0.4) is 0 Å². The average molecular weight is 380 g/mol. The summed E-state index contributed by atoms with van der Waals surface area (Å²) in [6.45, 7) is 2.39. The van der Waals surface area contributed by atoms with Gasteiger partial charge in [0.2, 0.25) is 5.91 Å². The molecule has 1 aliphatic heterocycles. The normalized spacial score (nSPS) is 15.2. The highest BCUT2D eigenvalue weighted by Crippen LogP contribution is 2.28. The number of piperidine rings is 1. The fourth-order valence-corrected chi connectivity index (χ4v) is 4.12. The molecule has 0 unspecified atom stereocenters. The first-order valence-corrected chi connectivity index (χ1v) is 9.65. The number of rotatable bonds is 4. The Labute approximate surface area is 150 Å². The summed E-state index contributed by atoms with van der Waals surface area (Å²) < 4.78 is 54.0. The zero-order valence-corrected chi connectivity index (χ0v) is 14.9. The summed E-state index contributed by atoms with van der Waals surface area (Å²) in [6, 6.07) is 6.96. The van der Waals surface area contributed by atoms with E-state index in [4.69, 9.17) is 0 Å². The Kier molecular flexibility index (Phi) is 4.95. The Morgan fingerprint density at radius 3 is 2.54 bits per heavy atom. The topological polar surface area (TPSA) is 66.5 Å². The molecule has 138 valence electrons. The molecule has 0 bridgehead atoms. The molecular formula is C18H18F2N2O3S. The fraction of sp³-hybridized carbons (Fsp3) is 0.278. The van der Waals surface area contributed by atoms with Crippen molar-refractivity contribution in [1.29, 1.82) is 0 Å². The Bertz CT molecular complexity index is 961. The fourth-order valence-electron chi connectivity index (χ4n) is 2.98. The Hall–Kier alpha value is -2.48. The van der Waals surface area contributed by atoms with Gasteiger partial charge in [-0.1, -0.05) is 0 Å². The molecular weight excluding hydrogens is 362 g/mol. The zero-order chi connectivity index (χ0) is 18.9. The summed E-state index contributed by atoms with van der Waals surface area (Å²) in [7, 11) is -4.28. The number of halogens is 2. The summed E-state index contributed by atoms with van der Waals surface area (Å²) in [5.74, 6) is -1.84. The van der Waals surface area contributed by atoms with Crippen molar-refractivity contribution in [2.75, 3.05) is 16.2 Å². The second-order valence-corrected chi connectivity index (χ2v) is 7.83. The van der Waals surface area contributed by atoms with Crippen LogP contribution in [0.5, 0.6) is 0 Å². The van der Waals surface area contributed by atoms with Gasteiger partial charge in [-0.05, 0) is 61.7 Å². The van der Waals surface area contributed by atoms with Gasteiger partial charge in [0.25, 0.3) is 10.0 Å². The van der Waals surface area contributed by atoms with E-state index < -0.39 is 26.6 Å². The average Bonchev–Trinajstić information content (AvgIpc) is 2.58. The number of anilines is 2. The molecule has 0 aromatic heterocycles. The monoisotopic (exact) mass is 380 g/mol. The molecule has 26 heavy (non-hydrogen) atoms. The van der Waals surface area contributed by atoms with Gasteiger partial charge in [-0.15, -0.1) is 0 Å². The molecule has 0 spiro atoms. The maximum atomic E-state index is 13.8. The van der Waals surface area contributed by atoms with Crippen molar-refractivity contribution in [2.45, 2.75) is 31.1 Å². The number of benzene rings is 2. The highest BCUT2D eigenvalue weighted by Gasteiger charge is 2.23. The van der Waals surface area contributed by atoms with E-state index in [1.165, 1.54) is 6.07 Å². The van der Waals surface area contributed by atoms with Crippen LogP contribution in [0.15, 0.2) is 41.3 Å². The van der Waals surface area contributed by atoms with Gasteiger partial charge >= 0.3 is 0 Å². The van der Waals surface area contributed by atoms with Crippen molar-refractivity contribution < 1.29 is 22.0 Å². The number of aryl methyl sites for hydroxylation is 1. The van der Waals surface area contributed by atoms with E-state index in [9.17, 15) is 22.0 Å². The quantitative estimate of drug-likeness (QED) is 0.882. The second-order valence-electron chi connectivity index (χ2n) is 6.18. The molecule has 2 aromatic carbocycles. The number of nitrogens with one attached hydrogen (secondary N) is 1. The smallest absolute Gasteiger partial charge is 0.264 e. The van der Waals surface area contributed by atoms with Crippen molar-refractivity contribution in [3.05, 3.63) is 53.6 Å². The van der Waals surface area contributed by atoms with Gasteiger partial charge in [-0.2, -0.15) is 0 Å². The molecule has 1 fully saturated rings. The third-order valence-electron chi connectivity index (χ3n) is 4.25. The van der Waals surface area contributed by atoms with E-state index in [0.717, 1.165) is 30.7 Å². The van der Waals surface area contributed by atoms with Gasteiger partial charge in [0.15, 0.2) is 0 Å². The molecule has 2 aromatic rings. The molecule has 1 aliphatic rings. The lowest BCUT2D eigenvalue weighted by molar-refractivity contribution is -0.119. The third kappa shape index (κ3) is 3.70. The number of amides is 1. The molecule has 5 nitrogen and oxygen atoms in total. The molecule has 1 N–H and O–H groups in total. The van der Waals surface area contributed by atoms with Crippen molar-refractivity contribution in [3.8, 4) is 0 Å². The van der Waals surface area contributed by atoms with E-state index in [-0.39, 0.29) is 11.6 Å². The van der Waals surface area contributed by atoms with Crippen molar-refractivity contribution in [2.24, 2.45) is 0 Å². The molecule has 1 saturated heterocycles. The zero-order valence-electron chi connectivity index (χ0n) is 14.1. The molecule has 1 amide bonds. The largest absolute Gasteiger partial charge is 0.312 e. The van der Waals surface area contributed by atoms with E-state index >= 15 is 0 Å². The van der Waals surface area contributed by atoms with Crippen LogP contribution in [0.1, 0.15) is 24.8 Å². The summed E-state index contributed by atoms with van der Waals surface area (Å²) in [5, 5.41) is 0. The lowest BCUT2D eigenvalue weighted by Gasteiger charge is -2.28. The van der Waals surface area contributed by atoms with Gasteiger partial charge in [0, 0.05) is 24.3 Å². The van der Waals surface area contributed by atoms with Crippen LogP contribution in [0, 0.1) is 18.6 Å².